The predicted octanol–water partition coefficient (Wildman–Crippen LogP) is 2.29. The summed E-state index contributed by atoms with van der Waals surface area (Å²) in [4.78, 5) is 6.68. The van der Waals surface area contributed by atoms with E-state index in [1.165, 1.54) is 0 Å². The van der Waals surface area contributed by atoms with Gasteiger partial charge in [0.15, 0.2) is 0 Å². The molecule has 0 aliphatic carbocycles. The van der Waals surface area contributed by atoms with Crippen molar-refractivity contribution in [1.82, 2.24) is 14.5 Å². The van der Waals surface area contributed by atoms with E-state index in [9.17, 15) is 0 Å². The Morgan fingerprint density at radius 1 is 1.35 bits per heavy atom. The molecule has 0 saturated carbocycles. The number of rotatable bonds is 7. The molecule has 4 heteroatoms. The average Bonchev–Trinajstić information content (AvgIpc) is 2.70. The number of likely N-dealkylation sites (N-methyl/N-ethyl adjacent to an activating group) is 1. The maximum Gasteiger partial charge on any atom is 0.202 e. The van der Waals surface area contributed by atoms with Crippen molar-refractivity contribution < 1.29 is 0 Å². The van der Waals surface area contributed by atoms with E-state index in [-0.39, 0.29) is 0 Å². The van der Waals surface area contributed by atoms with E-state index < -0.39 is 0 Å². The minimum atomic E-state index is 0.589. The van der Waals surface area contributed by atoms with E-state index in [2.05, 4.69) is 54.5 Å². The van der Waals surface area contributed by atoms with Crippen LogP contribution in [-0.2, 0) is 6.54 Å². The standard InChI is InChI=1S/C13H26N4/c1-11(2)10-15-13-14-6-7-17(13)9-8-16(5)12(3)4/h6-7,11-12H,8-10H2,1-5H3,(H,14,15). The van der Waals surface area contributed by atoms with Crippen LogP contribution in [0.15, 0.2) is 12.4 Å². The molecule has 0 aromatic carbocycles. The van der Waals surface area contributed by atoms with Crippen LogP contribution in [-0.4, -0.2) is 40.6 Å². The van der Waals surface area contributed by atoms with Crippen molar-refractivity contribution in [2.45, 2.75) is 40.3 Å². The third-order valence-corrected chi connectivity index (χ3v) is 2.96. The largest absolute Gasteiger partial charge is 0.355 e. The molecule has 0 aliphatic rings. The lowest BCUT2D eigenvalue weighted by atomic mass is 10.2. The van der Waals surface area contributed by atoms with Crippen LogP contribution in [0.4, 0.5) is 5.95 Å². The van der Waals surface area contributed by atoms with Crippen molar-refractivity contribution in [3.63, 3.8) is 0 Å². The number of hydrogen-bond acceptors (Lipinski definition) is 3. The lowest BCUT2D eigenvalue weighted by molar-refractivity contribution is 0.263. The monoisotopic (exact) mass is 238 g/mol. The minimum Gasteiger partial charge on any atom is -0.355 e. The van der Waals surface area contributed by atoms with Crippen LogP contribution >= 0.6 is 0 Å². The van der Waals surface area contributed by atoms with Gasteiger partial charge in [-0.2, -0.15) is 0 Å². The molecular weight excluding hydrogens is 212 g/mol. The summed E-state index contributed by atoms with van der Waals surface area (Å²) in [5.74, 6) is 1.62. The highest BCUT2D eigenvalue weighted by Crippen LogP contribution is 2.06. The molecule has 98 valence electrons. The summed E-state index contributed by atoms with van der Waals surface area (Å²) in [6, 6.07) is 0.589. The van der Waals surface area contributed by atoms with Crippen molar-refractivity contribution in [1.29, 1.82) is 0 Å². The maximum atomic E-state index is 4.34. The summed E-state index contributed by atoms with van der Waals surface area (Å²) in [6.07, 6.45) is 3.90. The van der Waals surface area contributed by atoms with Gasteiger partial charge in [0.05, 0.1) is 0 Å². The summed E-state index contributed by atoms with van der Waals surface area (Å²) in [5, 5.41) is 3.38. The molecule has 4 nitrogen and oxygen atoms in total. The molecule has 0 fully saturated rings. The van der Waals surface area contributed by atoms with Crippen LogP contribution in [0.25, 0.3) is 0 Å². The van der Waals surface area contributed by atoms with Crippen LogP contribution in [0.3, 0.4) is 0 Å². The Balaban J connectivity index is 2.45. The van der Waals surface area contributed by atoms with Gasteiger partial charge in [-0.1, -0.05) is 13.8 Å². The van der Waals surface area contributed by atoms with Crippen LogP contribution in [0.2, 0.25) is 0 Å². The molecule has 1 N–H and O–H groups in total. The van der Waals surface area contributed by atoms with Crippen molar-refractivity contribution in [3.05, 3.63) is 12.4 Å². The van der Waals surface area contributed by atoms with Gasteiger partial charge >= 0.3 is 0 Å². The number of nitrogens with one attached hydrogen (secondary N) is 1. The Labute approximate surface area is 105 Å². The van der Waals surface area contributed by atoms with E-state index in [4.69, 9.17) is 0 Å². The molecule has 0 unspecified atom stereocenters. The summed E-state index contributed by atoms with van der Waals surface area (Å²) >= 11 is 0. The second-order valence-corrected chi connectivity index (χ2v) is 5.29. The first-order chi connectivity index (χ1) is 8.00. The second kappa shape index (κ2) is 6.64. The highest BCUT2D eigenvalue weighted by molar-refractivity contribution is 5.25. The van der Waals surface area contributed by atoms with E-state index in [0.717, 1.165) is 25.6 Å². The lowest BCUT2D eigenvalue weighted by Crippen LogP contribution is -2.30. The molecule has 0 atom stereocenters. The molecule has 1 rings (SSSR count). The first-order valence-electron chi connectivity index (χ1n) is 6.46. The molecule has 1 aromatic heterocycles. The van der Waals surface area contributed by atoms with Gasteiger partial charge in [0.1, 0.15) is 0 Å². The molecular formula is C13H26N4. The Morgan fingerprint density at radius 2 is 2.06 bits per heavy atom. The van der Waals surface area contributed by atoms with Gasteiger partial charge in [-0.15, -0.1) is 0 Å². The maximum absolute atomic E-state index is 4.34. The summed E-state index contributed by atoms with van der Waals surface area (Å²) < 4.78 is 2.18. The van der Waals surface area contributed by atoms with Crippen LogP contribution in [0, 0.1) is 5.92 Å². The van der Waals surface area contributed by atoms with Gasteiger partial charge in [0.25, 0.3) is 0 Å². The number of hydrogen-bond donors (Lipinski definition) is 1. The zero-order valence-corrected chi connectivity index (χ0v) is 11.8. The Kier molecular flexibility index (Phi) is 5.48. The van der Waals surface area contributed by atoms with Gasteiger partial charge in [-0.25, -0.2) is 4.98 Å². The number of anilines is 1. The van der Waals surface area contributed by atoms with Gasteiger partial charge in [0.2, 0.25) is 5.95 Å². The zero-order chi connectivity index (χ0) is 12.8. The molecule has 0 aliphatic heterocycles. The Bertz CT molecular complexity index is 317. The summed E-state index contributed by atoms with van der Waals surface area (Å²) in [7, 11) is 2.16. The molecule has 0 spiro atoms. The van der Waals surface area contributed by atoms with E-state index in [0.29, 0.717) is 12.0 Å². The molecule has 0 radical (unpaired) electrons. The highest BCUT2D eigenvalue weighted by atomic mass is 15.2. The number of aromatic nitrogens is 2. The Hall–Kier alpha value is -1.03. The first kappa shape index (κ1) is 14.0. The second-order valence-electron chi connectivity index (χ2n) is 5.29. The molecule has 1 aromatic rings. The molecule has 0 bridgehead atoms. The fraction of sp³-hybridized carbons (Fsp3) is 0.769. The van der Waals surface area contributed by atoms with E-state index in [1.54, 1.807) is 0 Å². The Morgan fingerprint density at radius 3 is 2.65 bits per heavy atom. The van der Waals surface area contributed by atoms with Crippen molar-refractivity contribution >= 4 is 5.95 Å². The fourth-order valence-corrected chi connectivity index (χ4v) is 1.48. The van der Waals surface area contributed by atoms with Gasteiger partial charge < -0.3 is 14.8 Å². The van der Waals surface area contributed by atoms with E-state index >= 15 is 0 Å². The molecule has 0 amide bonds. The van der Waals surface area contributed by atoms with Gasteiger partial charge in [0, 0.05) is 38.1 Å². The SMILES string of the molecule is CC(C)CNc1nccn1CCN(C)C(C)C. The topological polar surface area (TPSA) is 33.1 Å². The molecule has 0 saturated heterocycles. The highest BCUT2D eigenvalue weighted by Gasteiger charge is 2.06. The molecule has 1 heterocycles. The van der Waals surface area contributed by atoms with Crippen LogP contribution < -0.4 is 5.32 Å². The van der Waals surface area contributed by atoms with Crippen molar-refractivity contribution in [2.75, 3.05) is 25.5 Å². The predicted molar refractivity (Wildman–Crippen MR) is 73.3 cm³/mol. The summed E-state index contributed by atoms with van der Waals surface area (Å²) in [5.41, 5.74) is 0. The van der Waals surface area contributed by atoms with Crippen molar-refractivity contribution in [3.8, 4) is 0 Å². The molecule has 17 heavy (non-hydrogen) atoms. The average molecular weight is 238 g/mol. The smallest absolute Gasteiger partial charge is 0.202 e. The van der Waals surface area contributed by atoms with Crippen LogP contribution in [0.1, 0.15) is 27.7 Å². The normalized spacial score (nSPS) is 11.8. The minimum absolute atomic E-state index is 0.589. The quantitative estimate of drug-likeness (QED) is 0.791. The fourth-order valence-electron chi connectivity index (χ4n) is 1.48. The zero-order valence-electron chi connectivity index (χ0n) is 11.8. The van der Waals surface area contributed by atoms with Gasteiger partial charge in [-0.05, 0) is 26.8 Å². The third-order valence-electron chi connectivity index (χ3n) is 2.96. The van der Waals surface area contributed by atoms with Crippen LogP contribution in [0.5, 0.6) is 0 Å². The van der Waals surface area contributed by atoms with Gasteiger partial charge in [-0.3, -0.25) is 0 Å². The summed E-state index contributed by atoms with van der Waals surface area (Å²) in [6.45, 7) is 11.8. The third kappa shape index (κ3) is 4.77. The number of imidazole rings is 1. The van der Waals surface area contributed by atoms with Crippen molar-refractivity contribution in [2.24, 2.45) is 5.92 Å². The number of nitrogens with zero attached hydrogens (tertiary/aromatic N) is 3. The van der Waals surface area contributed by atoms with E-state index in [1.807, 2.05) is 12.4 Å². The lowest BCUT2D eigenvalue weighted by Gasteiger charge is -2.21. The first-order valence-corrected chi connectivity index (χ1v) is 6.46.